The Morgan fingerprint density at radius 1 is 1.53 bits per heavy atom. The molecule has 0 saturated heterocycles. The summed E-state index contributed by atoms with van der Waals surface area (Å²) in [5, 5.41) is 10.5. The molecule has 1 aromatic heterocycles. The normalized spacial score (nSPS) is 11.5. The summed E-state index contributed by atoms with van der Waals surface area (Å²) in [5.74, 6) is -0.373. The molecule has 15 heavy (non-hydrogen) atoms. The maximum absolute atomic E-state index is 12.3. The van der Waals surface area contributed by atoms with Crippen LogP contribution < -0.4 is 0 Å². The van der Waals surface area contributed by atoms with E-state index in [9.17, 15) is 23.3 Å². The highest BCUT2D eigenvalue weighted by atomic mass is 35.5. The maximum atomic E-state index is 12.3. The molecule has 1 rings (SSSR count). The van der Waals surface area contributed by atoms with E-state index in [1.165, 1.54) is 0 Å². The van der Waals surface area contributed by atoms with E-state index in [1.807, 2.05) is 0 Å². The quantitative estimate of drug-likeness (QED) is 0.454. The second-order valence-electron chi connectivity index (χ2n) is 2.56. The lowest BCUT2D eigenvalue weighted by molar-refractivity contribution is -0.389. The van der Waals surface area contributed by atoms with E-state index in [0.29, 0.717) is 0 Å². The first-order valence-corrected chi connectivity index (χ1v) is 4.16. The third kappa shape index (κ3) is 2.35. The van der Waals surface area contributed by atoms with Crippen LogP contribution in [0.1, 0.15) is 11.3 Å². The van der Waals surface area contributed by atoms with Crippen molar-refractivity contribution in [2.75, 3.05) is 0 Å². The molecule has 0 atom stereocenters. The monoisotopic (exact) mass is 240 g/mol. The average Bonchev–Trinajstić information content (AvgIpc) is 2.15. The Bertz CT molecular complexity index is 394. The fourth-order valence-electron chi connectivity index (χ4n) is 1.01. The van der Waals surface area contributed by atoms with Crippen molar-refractivity contribution in [1.29, 1.82) is 0 Å². The number of halogens is 4. The Kier molecular flexibility index (Phi) is 3.13. The van der Waals surface area contributed by atoms with E-state index in [0.717, 1.165) is 12.3 Å². The second-order valence-corrected chi connectivity index (χ2v) is 2.82. The third-order valence-electron chi connectivity index (χ3n) is 1.60. The molecule has 1 aromatic rings. The first-order chi connectivity index (χ1) is 6.88. The number of hydrogen-bond acceptors (Lipinski definition) is 3. The summed E-state index contributed by atoms with van der Waals surface area (Å²) in [7, 11) is 0. The van der Waals surface area contributed by atoms with Gasteiger partial charge in [-0.3, -0.25) is 10.1 Å². The molecule has 0 spiro atoms. The molecule has 0 N–H and O–H groups in total. The minimum Gasteiger partial charge on any atom is -0.258 e. The van der Waals surface area contributed by atoms with E-state index in [2.05, 4.69) is 4.98 Å². The number of pyridine rings is 1. The summed E-state index contributed by atoms with van der Waals surface area (Å²) in [6.07, 6.45) is -4.02. The summed E-state index contributed by atoms with van der Waals surface area (Å²) < 4.78 is 36.9. The van der Waals surface area contributed by atoms with E-state index >= 15 is 0 Å². The molecule has 0 aromatic carbocycles. The van der Waals surface area contributed by atoms with E-state index in [4.69, 9.17) is 11.6 Å². The van der Waals surface area contributed by atoms with Crippen LogP contribution in [0.5, 0.6) is 0 Å². The van der Waals surface area contributed by atoms with Gasteiger partial charge in [0.15, 0.2) is 0 Å². The zero-order chi connectivity index (χ0) is 11.6. The standard InChI is InChI=1S/C7H4ClF3N2O2/c8-3-4-1-2-12-6(7(9,10)11)5(4)13(14)15/h1-2H,3H2. The van der Waals surface area contributed by atoms with Crippen LogP contribution in [-0.2, 0) is 12.1 Å². The molecular weight excluding hydrogens is 237 g/mol. The topological polar surface area (TPSA) is 56.0 Å². The van der Waals surface area contributed by atoms with Crippen LogP contribution in [0.4, 0.5) is 18.9 Å². The smallest absolute Gasteiger partial charge is 0.258 e. The van der Waals surface area contributed by atoms with Gasteiger partial charge < -0.3 is 0 Å². The Balaban J connectivity index is 3.46. The summed E-state index contributed by atoms with van der Waals surface area (Å²) >= 11 is 5.30. The number of alkyl halides is 4. The van der Waals surface area contributed by atoms with Crippen molar-refractivity contribution in [3.63, 3.8) is 0 Å². The fraction of sp³-hybridized carbons (Fsp3) is 0.286. The highest BCUT2D eigenvalue weighted by molar-refractivity contribution is 6.17. The van der Waals surface area contributed by atoms with Crippen molar-refractivity contribution in [2.24, 2.45) is 0 Å². The molecule has 8 heteroatoms. The first kappa shape index (κ1) is 11.7. The predicted molar refractivity (Wildman–Crippen MR) is 45.5 cm³/mol. The summed E-state index contributed by atoms with van der Waals surface area (Å²) in [6.45, 7) is 0. The van der Waals surface area contributed by atoms with Gasteiger partial charge >= 0.3 is 11.9 Å². The molecule has 4 nitrogen and oxygen atoms in total. The summed E-state index contributed by atoms with van der Waals surface area (Å²) in [6, 6.07) is 1.08. The second kappa shape index (κ2) is 4.01. The zero-order valence-corrected chi connectivity index (χ0v) is 7.84. The van der Waals surface area contributed by atoms with Gasteiger partial charge in [0.2, 0.25) is 5.69 Å². The van der Waals surface area contributed by atoms with E-state index in [-0.39, 0.29) is 11.4 Å². The van der Waals surface area contributed by atoms with Crippen LogP contribution in [0.15, 0.2) is 12.3 Å². The number of aromatic nitrogens is 1. The number of nitrogens with zero attached hydrogens (tertiary/aromatic N) is 2. The van der Waals surface area contributed by atoms with E-state index < -0.39 is 22.5 Å². The lowest BCUT2D eigenvalue weighted by Crippen LogP contribution is -2.12. The first-order valence-electron chi connectivity index (χ1n) is 3.63. The number of nitro groups is 1. The SMILES string of the molecule is O=[N+]([O-])c1c(CCl)ccnc1C(F)(F)F. The van der Waals surface area contributed by atoms with Crippen LogP contribution >= 0.6 is 11.6 Å². The van der Waals surface area contributed by atoms with Crippen LogP contribution in [0.2, 0.25) is 0 Å². The van der Waals surface area contributed by atoms with Gasteiger partial charge in [-0.1, -0.05) is 0 Å². The lowest BCUT2D eigenvalue weighted by atomic mass is 10.2. The molecule has 0 radical (unpaired) electrons. The highest BCUT2D eigenvalue weighted by Crippen LogP contribution is 2.36. The van der Waals surface area contributed by atoms with Gasteiger partial charge in [-0.15, -0.1) is 11.6 Å². The van der Waals surface area contributed by atoms with Crippen LogP contribution in [0.3, 0.4) is 0 Å². The van der Waals surface area contributed by atoms with Gasteiger partial charge in [-0.25, -0.2) is 4.98 Å². The number of rotatable bonds is 2. The molecule has 0 fully saturated rings. The van der Waals surface area contributed by atoms with Crippen molar-refractivity contribution in [1.82, 2.24) is 4.98 Å². The molecule has 0 amide bonds. The van der Waals surface area contributed by atoms with Gasteiger partial charge in [-0.2, -0.15) is 13.2 Å². The molecule has 0 saturated carbocycles. The predicted octanol–water partition coefficient (Wildman–Crippen LogP) is 2.75. The van der Waals surface area contributed by atoms with Crippen molar-refractivity contribution in [3.8, 4) is 0 Å². The Hall–Kier alpha value is -1.37. The Labute approximate surface area is 86.8 Å². The number of hydrogen-bond donors (Lipinski definition) is 0. The van der Waals surface area contributed by atoms with E-state index in [1.54, 1.807) is 0 Å². The summed E-state index contributed by atoms with van der Waals surface area (Å²) in [4.78, 5) is 12.3. The van der Waals surface area contributed by atoms with Crippen molar-refractivity contribution < 1.29 is 18.1 Å². The molecule has 0 bridgehead atoms. The zero-order valence-electron chi connectivity index (χ0n) is 7.08. The molecule has 1 heterocycles. The average molecular weight is 241 g/mol. The maximum Gasteiger partial charge on any atom is 0.440 e. The Morgan fingerprint density at radius 2 is 2.13 bits per heavy atom. The van der Waals surface area contributed by atoms with Gasteiger partial charge in [-0.05, 0) is 6.07 Å². The van der Waals surface area contributed by atoms with Crippen molar-refractivity contribution in [2.45, 2.75) is 12.1 Å². The molecule has 0 aliphatic rings. The molecule has 0 unspecified atom stereocenters. The summed E-state index contributed by atoms with van der Waals surface area (Å²) in [5.41, 5.74) is -2.81. The minimum absolute atomic E-state index is 0.205. The third-order valence-corrected chi connectivity index (χ3v) is 1.89. The largest absolute Gasteiger partial charge is 0.440 e. The van der Waals surface area contributed by atoms with Crippen molar-refractivity contribution in [3.05, 3.63) is 33.6 Å². The molecular formula is C7H4ClF3N2O2. The fourth-order valence-corrected chi connectivity index (χ4v) is 1.23. The molecule has 0 aliphatic carbocycles. The van der Waals surface area contributed by atoms with Gasteiger partial charge in [0.25, 0.3) is 0 Å². The molecule has 82 valence electrons. The van der Waals surface area contributed by atoms with Gasteiger partial charge in [0.05, 0.1) is 10.8 Å². The van der Waals surface area contributed by atoms with Gasteiger partial charge in [0, 0.05) is 11.8 Å². The van der Waals surface area contributed by atoms with Crippen LogP contribution in [0.25, 0.3) is 0 Å². The van der Waals surface area contributed by atoms with Gasteiger partial charge in [0.1, 0.15) is 0 Å². The van der Waals surface area contributed by atoms with Crippen molar-refractivity contribution >= 4 is 17.3 Å². The van der Waals surface area contributed by atoms with Crippen LogP contribution in [-0.4, -0.2) is 9.91 Å². The minimum atomic E-state index is -4.86. The molecule has 0 aliphatic heterocycles. The highest BCUT2D eigenvalue weighted by Gasteiger charge is 2.41. The van der Waals surface area contributed by atoms with Crippen LogP contribution in [0, 0.1) is 10.1 Å². The Morgan fingerprint density at radius 3 is 2.53 bits per heavy atom. The lowest BCUT2D eigenvalue weighted by Gasteiger charge is -2.07.